The van der Waals surface area contributed by atoms with Gasteiger partial charge >= 0.3 is 6.09 Å². The predicted molar refractivity (Wildman–Crippen MR) is 103 cm³/mol. The van der Waals surface area contributed by atoms with Crippen molar-refractivity contribution in [1.82, 2.24) is 10.6 Å². The van der Waals surface area contributed by atoms with Crippen LogP contribution >= 0.6 is 23.2 Å². The lowest BCUT2D eigenvalue weighted by molar-refractivity contribution is 0.0510. The predicted octanol–water partition coefficient (Wildman–Crippen LogP) is 5.17. The van der Waals surface area contributed by atoms with Gasteiger partial charge in [0.1, 0.15) is 5.60 Å². The van der Waals surface area contributed by atoms with Crippen molar-refractivity contribution < 1.29 is 9.53 Å². The van der Waals surface area contributed by atoms with Gasteiger partial charge in [0.15, 0.2) is 0 Å². The summed E-state index contributed by atoms with van der Waals surface area (Å²) in [6.45, 7) is 6.84. The number of nitrogens with one attached hydrogen (secondary N) is 2. The molecule has 6 heteroatoms. The van der Waals surface area contributed by atoms with Crippen LogP contribution in [-0.4, -0.2) is 24.3 Å². The molecule has 1 amide bonds. The van der Waals surface area contributed by atoms with E-state index in [1.165, 1.54) is 12.8 Å². The van der Waals surface area contributed by atoms with Crippen LogP contribution in [0.1, 0.15) is 52.0 Å². The molecule has 0 heterocycles. The number of carbonyl (C=O) groups excluding carboxylic acids is 1. The van der Waals surface area contributed by atoms with Crippen LogP contribution in [0.15, 0.2) is 18.2 Å². The highest BCUT2D eigenvalue weighted by atomic mass is 35.5. The molecule has 0 radical (unpaired) electrons. The van der Waals surface area contributed by atoms with Gasteiger partial charge in [-0.25, -0.2) is 4.79 Å². The minimum atomic E-state index is -0.477. The monoisotopic (exact) mass is 386 g/mol. The highest BCUT2D eigenvalue weighted by molar-refractivity contribution is 6.35. The highest BCUT2D eigenvalue weighted by Crippen LogP contribution is 2.27. The Balaban J connectivity index is 1.89. The quantitative estimate of drug-likeness (QED) is 0.733. The summed E-state index contributed by atoms with van der Waals surface area (Å²) < 4.78 is 5.32. The van der Waals surface area contributed by atoms with Crippen LogP contribution < -0.4 is 10.6 Å². The van der Waals surface area contributed by atoms with Crippen LogP contribution in [-0.2, 0) is 11.3 Å². The topological polar surface area (TPSA) is 50.4 Å². The molecular weight excluding hydrogens is 359 g/mol. The van der Waals surface area contributed by atoms with Gasteiger partial charge in [-0.3, -0.25) is 0 Å². The maximum atomic E-state index is 11.9. The Morgan fingerprint density at radius 2 is 1.84 bits per heavy atom. The van der Waals surface area contributed by atoms with E-state index in [9.17, 15) is 4.79 Å². The second-order valence-corrected chi connectivity index (χ2v) is 8.43. The lowest BCUT2D eigenvalue weighted by Crippen LogP contribution is -2.44. The van der Waals surface area contributed by atoms with E-state index < -0.39 is 5.60 Å². The molecule has 0 saturated heterocycles. The average Bonchev–Trinajstić information content (AvgIpc) is 2.52. The number of hydrogen-bond donors (Lipinski definition) is 2. The maximum absolute atomic E-state index is 11.9. The van der Waals surface area contributed by atoms with Gasteiger partial charge in [-0.15, -0.1) is 0 Å². The van der Waals surface area contributed by atoms with Crippen LogP contribution in [0.5, 0.6) is 0 Å². The summed E-state index contributed by atoms with van der Waals surface area (Å²) in [6.07, 6.45) is 4.20. The zero-order chi connectivity index (χ0) is 18.4. The third-order valence-corrected chi connectivity index (χ3v) is 5.13. The second-order valence-electron chi connectivity index (χ2n) is 7.61. The maximum Gasteiger partial charge on any atom is 0.407 e. The first kappa shape index (κ1) is 20.3. The fourth-order valence-electron chi connectivity index (χ4n) is 3.18. The first-order valence-electron chi connectivity index (χ1n) is 8.89. The fraction of sp³-hybridized carbons (Fsp3) is 0.632. The molecule has 0 aliphatic heterocycles. The molecule has 0 aromatic heterocycles. The number of amides is 1. The highest BCUT2D eigenvalue weighted by Gasteiger charge is 2.26. The molecule has 140 valence electrons. The van der Waals surface area contributed by atoms with Crippen LogP contribution in [0.25, 0.3) is 0 Å². The number of halogens is 2. The largest absolute Gasteiger partial charge is 0.444 e. The molecule has 0 spiro atoms. The zero-order valence-electron chi connectivity index (χ0n) is 15.2. The van der Waals surface area contributed by atoms with E-state index in [1.54, 1.807) is 0 Å². The van der Waals surface area contributed by atoms with Gasteiger partial charge in [-0.2, -0.15) is 0 Å². The van der Waals surface area contributed by atoms with E-state index in [1.807, 2.05) is 39.0 Å². The fourth-order valence-corrected chi connectivity index (χ4v) is 3.71. The molecule has 2 rings (SSSR count). The summed E-state index contributed by atoms with van der Waals surface area (Å²) in [5.74, 6) is 0.377. The van der Waals surface area contributed by atoms with Crippen molar-refractivity contribution in [2.75, 3.05) is 6.54 Å². The van der Waals surface area contributed by atoms with Crippen molar-refractivity contribution in [2.45, 2.75) is 64.6 Å². The summed E-state index contributed by atoms with van der Waals surface area (Å²) in [6, 6.07) is 5.89. The van der Waals surface area contributed by atoms with Crippen molar-refractivity contribution in [1.29, 1.82) is 0 Å². The van der Waals surface area contributed by atoms with E-state index in [2.05, 4.69) is 10.6 Å². The van der Waals surface area contributed by atoms with E-state index in [0.29, 0.717) is 35.1 Å². The van der Waals surface area contributed by atoms with Crippen molar-refractivity contribution >= 4 is 29.3 Å². The SMILES string of the molecule is CC(C)(C)OC(=O)NCC1CCCCC1NCc1c(Cl)cccc1Cl. The lowest BCUT2D eigenvalue weighted by atomic mass is 9.84. The normalized spacial score (nSPS) is 21.0. The van der Waals surface area contributed by atoms with Gasteiger partial charge in [0.05, 0.1) is 0 Å². The molecule has 2 atom stereocenters. The second kappa shape index (κ2) is 9.11. The number of ether oxygens (including phenoxy) is 1. The number of alkyl carbamates (subject to hydrolysis) is 1. The Labute approximate surface area is 160 Å². The Kier molecular flexibility index (Phi) is 7.41. The Morgan fingerprint density at radius 3 is 2.48 bits per heavy atom. The molecular formula is C19H28Cl2N2O2. The van der Waals surface area contributed by atoms with Gasteiger partial charge in [0.25, 0.3) is 0 Å². The molecule has 1 aliphatic rings. The van der Waals surface area contributed by atoms with Gasteiger partial charge in [0.2, 0.25) is 0 Å². The summed E-state index contributed by atoms with van der Waals surface area (Å²) in [5, 5.41) is 7.85. The smallest absolute Gasteiger partial charge is 0.407 e. The third-order valence-electron chi connectivity index (χ3n) is 4.42. The van der Waals surface area contributed by atoms with E-state index >= 15 is 0 Å². The summed E-state index contributed by atoms with van der Waals surface area (Å²) in [7, 11) is 0. The van der Waals surface area contributed by atoms with Crippen molar-refractivity contribution in [3.05, 3.63) is 33.8 Å². The van der Waals surface area contributed by atoms with Gasteiger partial charge in [-0.05, 0) is 51.7 Å². The van der Waals surface area contributed by atoms with Crippen LogP contribution in [0, 0.1) is 5.92 Å². The minimum absolute atomic E-state index is 0.330. The van der Waals surface area contributed by atoms with Gasteiger partial charge < -0.3 is 15.4 Å². The summed E-state index contributed by atoms with van der Waals surface area (Å²) in [4.78, 5) is 11.9. The van der Waals surface area contributed by atoms with Gasteiger partial charge in [0, 0.05) is 34.7 Å². The number of hydrogen-bond acceptors (Lipinski definition) is 3. The molecule has 2 unspecified atom stereocenters. The first-order chi connectivity index (χ1) is 11.8. The standard InChI is InChI=1S/C19H28Cl2N2O2/c1-19(2,3)25-18(24)23-11-13-7-4-5-10-17(13)22-12-14-15(20)8-6-9-16(14)21/h6,8-9,13,17,22H,4-5,7,10-12H2,1-3H3,(H,23,24). The number of rotatable bonds is 5. The first-order valence-corrected chi connectivity index (χ1v) is 9.65. The molecule has 1 fully saturated rings. The molecule has 1 aliphatic carbocycles. The summed E-state index contributed by atoms with van der Waals surface area (Å²) >= 11 is 12.5. The number of benzene rings is 1. The Bertz CT molecular complexity index is 567. The van der Waals surface area contributed by atoms with E-state index in [-0.39, 0.29) is 6.09 Å². The molecule has 25 heavy (non-hydrogen) atoms. The zero-order valence-corrected chi connectivity index (χ0v) is 16.7. The third kappa shape index (κ3) is 6.69. The Hall–Kier alpha value is -0.970. The Morgan fingerprint density at radius 1 is 1.20 bits per heavy atom. The van der Waals surface area contributed by atoms with Crippen molar-refractivity contribution in [3.8, 4) is 0 Å². The van der Waals surface area contributed by atoms with Crippen LogP contribution in [0.4, 0.5) is 4.79 Å². The van der Waals surface area contributed by atoms with Gasteiger partial charge in [-0.1, -0.05) is 42.1 Å². The molecule has 1 saturated carbocycles. The van der Waals surface area contributed by atoms with Crippen LogP contribution in [0.3, 0.4) is 0 Å². The van der Waals surface area contributed by atoms with Crippen LogP contribution in [0.2, 0.25) is 10.0 Å². The minimum Gasteiger partial charge on any atom is -0.444 e. The molecule has 1 aromatic rings. The van der Waals surface area contributed by atoms with Crippen molar-refractivity contribution in [2.24, 2.45) is 5.92 Å². The summed E-state index contributed by atoms with van der Waals surface area (Å²) in [5.41, 5.74) is 0.449. The molecule has 0 bridgehead atoms. The molecule has 2 N–H and O–H groups in total. The average molecular weight is 387 g/mol. The van der Waals surface area contributed by atoms with Crippen molar-refractivity contribution in [3.63, 3.8) is 0 Å². The molecule has 1 aromatic carbocycles. The van der Waals surface area contributed by atoms with E-state index in [4.69, 9.17) is 27.9 Å². The number of carbonyl (C=O) groups is 1. The lowest BCUT2D eigenvalue weighted by Gasteiger charge is -2.33. The van der Waals surface area contributed by atoms with E-state index in [0.717, 1.165) is 18.4 Å². The molecule has 4 nitrogen and oxygen atoms in total.